The van der Waals surface area contributed by atoms with E-state index in [9.17, 15) is 18.0 Å². The van der Waals surface area contributed by atoms with Gasteiger partial charge in [-0.1, -0.05) is 18.2 Å². The quantitative estimate of drug-likeness (QED) is 0.461. The molecule has 1 amide bonds. The number of hydrogen-bond acceptors (Lipinski definition) is 2. The van der Waals surface area contributed by atoms with Gasteiger partial charge in [0.25, 0.3) is 5.91 Å². The summed E-state index contributed by atoms with van der Waals surface area (Å²) in [5, 5.41) is 3.99. The van der Waals surface area contributed by atoms with Crippen LogP contribution in [0.15, 0.2) is 79.3 Å². The summed E-state index contributed by atoms with van der Waals surface area (Å²) in [6.45, 7) is 0.730. The molecule has 1 aliphatic rings. The van der Waals surface area contributed by atoms with Crippen LogP contribution in [-0.4, -0.2) is 20.3 Å². The topological polar surface area (TPSA) is 43.1 Å². The second-order valence-electron chi connectivity index (χ2n) is 7.33. The summed E-state index contributed by atoms with van der Waals surface area (Å²) in [5.41, 5.74) is 1.19. The molecule has 0 unspecified atom stereocenters. The SMILES string of the molecule is O=C(c1ccc(-n2cccn2)cc1C(F)(F)F)N1Cc2cccn2Cc2ccccc21. The van der Waals surface area contributed by atoms with Gasteiger partial charge in [0.15, 0.2) is 0 Å². The van der Waals surface area contributed by atoms with Crippen molar-refractivity contribution in [3.63, 3.8) is 0 Å². The van der Waals surface area contributed by atoms with Gasteiger partial charge in [-0.05, 0) is 48.0 Å². The molecule has 5 rings (SSSR count). The first kappa shape index (κ1) is 19.2. The van der Waals surface area contributed by atoms with Crippen LogP contribution >= 0.6 is 0 Å². The minimum atomic E-state index is -4.69. The lowest BCUT2D eigenvalue weighted by Gasteiger charge is -2.24. The molecule has 0 saturated heterocycles. The van der Waals surface area contributed by atoms with Crippen LogP contribution in [-0.2, 0) is 19.3 Å². The zero-order valence-corrected chi connectivity index (χ0v) is 16.3. The molecule has 0 saturated carbocycles. The van der Waals surface area contributed by atoms with E-state index in [1.807, 2.05) is 35.0 Å². The molecule has 0 spiro atoms. The molecule has 3 heterocycles. The molecular weight excluding hydrogens is 405 g/mol. The lowest BCUT2D eigenvalue weighted by atomic mass is 10.0. The van der Waals surface area contributed by atoms with Crippen LogP contribution in [0.2, 0.25) is 0 Å². The molecule has 0 atom stereocenters. The van der Waals surface area contributed by atoms with Gasteiger partial charge in [-0.15, -0.1) is 0 Å². The van der Waals surface area contributed by atoms with Crippen LogP contribution in [0, 0.1) is 0 Å². The van der Waals surface area contributed by atoms with Crippen LogP contribution in [0.5, 0.6) is 0 Å². The standard InChI is InChI=1S/C23H17F3N4O/c24-23(25,26)20-13-17(30-12-4-10-27-30)8-9-19(20)22(31)29-15-18-6-3-11-28(18)14-16-5-1-2-7-21(16)29/h1-13H,14-15H2. The average Bonchev–Trinajstić information content (AvgIpc) is 3.41. The van der Waals surface area contributed by atoms with E-state index in [4.69, 9.17) is 0 Å². The van der Waals surface area contributed by atoms with E-state index in [0.717, 1.165) is 17.3 Å². The molecule has 0 fully saturated rings. The van der Waals surface area contributed by atoms with Crippen LogP contribution in [0.25, 0.3) is 5.69 Å². The number of hydrogen-bond donors (Lipinski definition) is 0. The summed E-state index contributed by atoms with van der Waals surface area (Å²) in [7, 11) is 0. The molecule has 0 aliphatic carbocycles. The van der Waals surface area contributed by atoms with Crippen molar-refractivity contribution in [2.24, 2.45) is 0 Å². The molecular formula is C23H17F3N4O. The fraction of sp³-hybridized carbons (Fsp3) is 0.130. The number of amides is 1. The predicted octanol–water partition coefficient (Wildman–Crippen LogP) is 4.90. The number of fused-ring (bicyclic) bond motifs is 2. The van der Waals surface area contributed by atoms with E-state index < -0.39 is 23.2 Å². The molecule has 0 N–H and O–H groups in total. The van der Waals surface area contributed by atoms with Gasteiger partial charge in [-0.3, -0.25) is 4.79 Å². The predicted molar refractivity (Wildman–Crippen MR) is 109 cm³/mol. The maximum absolute atomic E-state index is 14.0. The van der Waals surface area contributed by atoms with Gasteiger partial charge in [0, 0.05) is 36.5 Å². The largest absolute Gasteiger partial charge is 0.417 e. The monoisotopic (exact) mass is 422 g/mol. The van der Waals surface area contributed by atoms with Crippen molar-refractivity contribution in [3.05, 3.63) is 102 Å². The first-order valence-corrected chi connectivity index (χ1v) is 9.67. The van der Waals surface area contributed by atoms with Crippen molar-refractivity contribution < 1.29 is 18.0 Å². The summed E-state index contributed by atoms with van der Waals surface area (Å²) >= 11 is 0. The Morgan fingerprint density at radius 1 is 0.935 bits per heavy atom. The van der Waals surface area contributed by atoms with Gasteiger partial charge >= 0.3 is 6.18 Å². The second kappa shape index (κ2) is 7.16. The third-order valence-electron chi connectivity index (χ3n) is 5.42. The fourth-order valence-electron chi connectivity index (χ4n) is 3.93. The van der Waals surface area contributed by atoms with Crippen molar-refractivity contribution in [2.45, 2.75) is 19.3 Å². The van der Waals surface area contributed by atoms with Crippen molar-refractivity contribution in [2.75, 3.05) is 4.90 Å². The van der Waals surface area contributed by atoms with Gasteiger partial charge in [-0.2, -0.15) is 18.3 Å². The number of halogens is 3. The number of aromatic nitrogens is 3. The highest BCUT2D eigenvalue weighted by Crippen LogP contribution is 2.36. The number of carbonyl (C=O) groups is 1. The minimum absolute atomic E-state index is 0.182. The summed E-state index contributed by atoms with van der Waals surface area (Å²) in [6.07, 6.45) is 0.242. The molecule has 5 nitrogen and oxygen atoms in total. The molecule has 0 radical (unpaired) electrons. The number of benzene rings is 2. The Bertz CT molecular complexity index is 1260. The maximum atomic E-state index is 14.0. The Hall–Kier alpha value is -3.81. The molecule has 1 aliphatic heterocycles. The number of rotatable bonds is 2. The zero-order valence-electron chi connectivity index (χ0n) is 16.3. The van der Waals surface area contributed by atoms with E-state index in [1.165, 1.54) is 27.9 Å². The summed E-state index contributed by atoms with van der Waals surface area (Å²) in [4.78, 5) is 14.9. The van der Waals surface area contributed by atoms with Gasteiger partial charge < -0.3 is 9.47 Å². The minimum Gasteiger partial charge on any atom is -0.345 e. The number of alkyl halides is 3. The van der Waals surface area contributed by atoms with Crippen LogP contribution in [0.1, 0.15) is 27.2 Å². The highest BCUT2D eigenvalue weighted by atomic mass is 19.4. The normalized spacial score (nSPS) is 13.5. The zero-order chi connectivity index (χ0) is 21.6. The maximum Gasteiger partial charge on any atom is 0.417 e. The number of para-hydroxylation sites is 1. The van der Waals surface area contributed by atoms with Gasteiger partial charge in [0.05, 0.1) is 23.4 Å². The Kier molecular flexibility index (Phi) is 4.43. The lowest BCUT2D eigenvalue weighted by Crippen LogP contribution is -2.32. The first-order valence-electron chi connectivity index (χ1n) is 9.67. The van der Waals surface area contributed by atoms with Crippen LogP contribution in [0.4, 0.5) is 18.9 Å². The van der Waals surface area contributed by atoms with E-state index >= 15 is 0 Å². The van der Waals surface area contributed by atoms with E-state index in [-0.39, 0.29) is 12.2 Å². The van der Waals surface area contributed by atoms with E-state index in [0.29, 0.717) is 12.2 Å². The lowest BCUT2D eigenvalue weighted by molar-refractivity contribution is -0.137. The van der Waals surface area contributed by atoms with Crippen molar-refractivity contribution in [1.29, 1.82) is 0 Å². The molecule has 8 heteroatoms. The van der Waals surface area contributed by atoms with Crippen molar-refractivity contribution in [1.82, 2.24) is 14.3 Å². The van der Waals surface area contributed by atoms with E-state index in [1.54, 1.807) is 24.4 Å². The Morgan fingerprint density at radius 3 is 2.55 bits per heavy atom. The fourth-order valence-corrected chi connectivity index (χ4v) is 3.93. The number of carbonyl (C=O) groups excluding carboxylic acids is 1. The van der Waals surface area contributed by atoms with Crippen LogP contribution in [0.3, 0.4) is 0 Å². The molecule has 2 aromatic carbocycles. The summed E-state index contributed by atoms with van der Waals surface area (Å²) in [5.74, 6) is -0.693. The molecule has 2 aromatic heterocycles. The molecule has 31 heavy (non-hydrogen) atoms. The smallest absolute Gasteiger partial charge is 0.345 e. The van der Waals surface area contributed by atoms with Crippen LogP contribution < -0.4 is 4.90 Å². The van der Waals surface area contributed by atoms with Gasteiger partial charge in [0.2, 0.25) is 0 Å². The second-order valence-corrected chi connectivity index (χ2v) is 7.33. The number of anilines is 1. The van der Waals surface area contributed by atoms with Crippen molar-refractivity contribution >= 4 is 11.6 Å². The third kappa shape index (κ3) is 3.39. The van der Waals surface area contributed by atoms with Crippen molar-refractivity contribution in [3.8, 4) is 5.69 Å². The molecule has 0 bridgehead atoms. The highest BCUT2D eigenvalue weighted by Gasteiger charge is 2.37. The Balaban J connectivity index is 1.63. The van der Waals surface area contributed by atoms with Gasteiger partial charge in [0.1, 0.15) is 0 Å². The molecule has 4 aromatic rings. The first-order chi connectivity index (χ1) is 14.9. The Labute approximate surface area is 176 Å². The Morgan fingerprint density at radius 2 is 1.77 bits per heavy atom. The van der Waals surface area contributed by atoms with E-state index in [2.05, 4.69) is 5.10 Å². The molecule has 156 valence electrons. The number of nitrogens with zero attached hydrogens (tertiary/aromatic N) is 4. The average molecular weight is 422 g/mol. The van der Waals surface area contributed by atoms with Gasteiger partial charge in [-0.25, -0.2) is 4.68 Å². The summed E-state index contributed by atoms with van der Waals surface area (Å²) in [6, 6.07) is 16.3. The summed E-state index contributed by atoms with van der Waals surface area (Å²) < 4.78 is 45.2. The highest BCUT2D eigenvalue weighted by molar-refractivity contribution is 6.07. The third-order valence-corrected chi connectivity index (χ3v) is 5.42.